The Balaban J connectivity index is 2.67. The summed E-state index contributed by atoms with van der Waals surface area (Å²) in [5.41, 5.74) is 0. The summed E-state index contributed by atoms with van der Waals surface area (Å²) in [7, 11) is -1.02. The van der Waals surface area contributed by atoms with Crippen LogP contribution in [0.15, 0.2) is 11.8 Å². The predicted octanol–water partition coefficient (Wildman–Crippen LogP) is 4.00. The van der Waals surface area contributed by atoms with Crippen molar-refractivity contribution in [2.24, 2.45) is 5.92 Å². The molecule has 0 bridgehead atoms. The van der Waals surface area contributed by atoms with E-state index in [4.69, 9.17) is 0 Å². The van der Waals surface area contributed by atoms with E-state index in [0.717, 1.165) is 5.92 Å². The fourth-order valence-corrected chi connectivity index (χ4v) is 6.31. The zero-order valence-electron chi connectivity index (χ0n) is 8.82. The van der Waals surface area contributed by atoms with E-state index < -0.39 is 8.07 Å². The standard InChI is InChI=1S/C11H22Si/c1-5-12(6-2,7-3)10(4)11-8-9-11/h11H,4-9H2,1-3H3. The third kappa shape index (κ3) is 1.66. The third-order valence-electron chi connectivity index (χ3n) is 3.78. The highest BCUT2D eigenvalue weighted by Crippen LogP contribution is 2.43. The molecule has 0 radical (unpaired) electrons. The molecule has 1 aliphatic rings. The average Bonchev–Trinajstić information content (AvgIpc) is 2.91. The molecule has 0 spiro atoms. The Hall–Kier alpha value is -0.0431. The SMILES string of the molecule is C=C(C1CC1)[Si](CC)(CC)CC. The molecule has 0 N–H and O–H groups in total. The van der Waals surface area contributed by atoms with E-state index in [0.29, 0.717) is 0 Å². The fourth-order valence-electron chi connectivity index (χ4n) is 2.30. The van der Waals surface area contributed by atoms with Gasteiger partial charge in [0.15, 0.2) is 0 Å². The molecule has 1 rings (SSSR count). The molecule has 0 nitrogen and oxygen atoms in total. The minimum absolute atomic E-state index is 0.941. The zero-order valence-corrected chi connectivity index (χ0v) is 9.82. The molecule has 12 heavy (non-hydrogen) atoms. The molecule has 0 saturated heterocycles. The molecule has 0 unspecified atom stereocenters. The van der Waals surface area contributed by atoms with Crippen LogP contribution < -0.4 is 0 Å². The van der Waals surface area contributed by atoms with Crippen LogP contribution in [0.3, 0.4) is 0 Å². The molecular formula is C11H22Si. The van der Waals surface area contributed by atoms with Gasteiger partial charge >= 0.3 is 0 Å². The van der Waals surface area contributed by atoms with Crippen molar-refractivity contribution >= 4 is 8.07 Å². The van der Waals surface area contributed by atoms with Gasteiger partial charge in [-0.1, -0.05) is 44.1 Å². The first-order chi connectivity index (χ1) is 5.70. The van der Waals surface area contributed by atoms with Crippen molar-refractivity contribution in [3.8, 4) is 0 Å². The molecule has 0 atom stereocenters. The van der Waals surface area contributed by atoms with Crippen molar-refractivity contribution in [2.45, 2.75) is 51.7 Å². The Morgan fingerprint density at radius 1 is 1.17 bits per heavy atom. The summed E-state index contributed by atoms with van der Waals surface area (Å²) >= 11 is 0. The summed E-state index contributed by atoms with van der Waals surface area (Å²) in [6.07, 6.45) is 2.88. The van der Waals surface area contributed by atoms with Gasteiger partial charge in [-0.15, -0.1) is 6.58 Å². The van der Waals surface area contributed by atoms with Gasteiger partial charge in [-0.05, 0) is 18.8 Å². The second-order valence-electron chi connectivity index (χ2n) is 4.14. The molecule has 0 amide bonds. The Morgan fingerprint density at radius 2 is 1.58 bits per heavy atom. The van der Waals surface area contributed by atoms with E-state index >= 15 is 0 Å². The third-order valence-corrected chi connectivity index (χ3v) is 9.61. The van der Waals surface area contributed by atoms with Gasteiger partial charge in [-0.25, -0.2) is 0 Å². The summed E-state index contributed by atoms with van der Waals surface area (Å²) in [4.78, 5) is 0. The molecule has 1 fully saturated rings. The monoisotopic (exact) mass is 182 g/mol. The maximum atomic E-state index is 4.36. The Bertz CT molecular complexity index is 156. The highest BCUT2D eigenvalue weighted by atomic mass is 28.3. The van der Waals surface area contributed by atoms with Gasteiger partial charge in [0.05, 0.1) is 8.07 Å². The lowest BCUT2D eigenvalue weighted by atomic mass is 10.4. The van der Waals surface area contributed by atoms with Crippen molar-refractivity contribution in [3.05, 3.63) is 11.8 Å². The van der Waals surface area contributed by atoms with E-state index in [2.05, 4.69) is 27.4 Å². The number of allylic oxidation sites excluding steroid dienone is 1. The van der Waals surface area contributed by atoms with Crippen LogP contribution in [0.1, 0.15) is 33.6 Å². The van der Waals surface area contributed by atoms with Crippen molar-refractivity contribution in [1.82, 2.24) is 0 Å². The molecule has 0 aliphatic heterocycles. The van der Waals surface area contributed by atoms with E-state index in [1.807, 2.05) is 0 Å². The summed E-state index contributed by atoms with van der Waals surface area (Å²) in [5, 5.41) is 1.69. The van der Waals surface area contributed by atoms with Crippen LogP contribution >= 0.6 is 0 Å². The lowest BCUT2D eigenvalue weighted by molar-refractivity contribution is 1.03. The lowest BCUT2D eigenvalue weighted by Gasteiger charge is -2.30. The maximum Gasteiger partial charge on any atom is 0.0803 e. The first kappa shape index (κ1) is 10.0. The van der Waals surface area contributed by atoms with Crippen molar-refractivity contribution < 1.29 is 0 Å². The molecular weight excluding hydrogens is 160 g/mol. The Morgan fingerprint density at radius 3 is 1.83 bits per heavy atom. The van der Waals surface area contributed by atoms with Crippen molar-refractivity contribution in [3.63, 3.8) is 0 Å². The molecule has 1 saturated carbocycles. The zero-order chi connectivity index (χ0) is 9.19. The van der Waals surface area contributed by atoms with Gasteiger partial charge in [0.1, 0.15) is 0 Å². The molecule has 1 heteroatoms. The van der Waals surface area contributed by atoms with Gasteiger partial charge in [0.25, 0.3) is 0 Å². The topological polar surface area (TPSA) is 0 Å². The molecule has 0 aromatic heterocycles. The van der Waals surface area contributed by atoms with E-state index in [9.17, 15) is 0 Å². The highest BCUT2D eigenvalue weighted by Gasteiger charge is 2.38. The average molecular weight is 182 g/mol. The fraction of sp³-hybridized carbons (Fsp3) is 0.818. The number of rotatable bonds is 5. The number of hydrogen-bond acceptors (Lipinski definition) is 0. The van der Waals surface area contributed by atoms with Gasteiger partial charge < -0.3 is 0 Å². The first-order valence-corrected chi connectivity index (χ1v) is 8.01. The second kappa shape index (κ2) is 3.78. The molecule has 1 aliphatic carbocycles. The van der Waals surface area contributed by atoms with Crippen LogP contribution in [0.25, 0.3) is 0 Å². The molecule has 0 aromatic carbocycles. The predicted molar refractivity (Wildman–Crippen MR) is 59.1 cm³/mol. The Labute approximate surface area is 78.1 Å². The normalized spacial score (nSPS) is 17.9. The minimum atomic E-state index is -1.02. The highest BCUT2D eigenvalue weighted by molar-refractivity contribution is 6.86. The summed E-state index contributed by atoms with van der Waals surface area (Å²) < 4.78 is 0. The van der Waals surface area contributed by atoms with Crippen LogP contribution in [0.2, 0.25) is 18.1 Å². The molecule has 0 aromatic rings. The summed E-state index contributed by atoms with van der Waals surface area (Å²) in [6.45, 7) is 11.5. The maximum absolute atomic E-state index is 4.36. The van der Waals surface area contributed by atoms with Crippen LogP contribution in [-0.4, -0.2) is 8.07 Å². The van der Waals surface area contributed by atoms with Crippen LogP contribution in [-0.2, 0) is 0 Å². The molecule has 70 valence electrons. The first-order valence-electron chi connectivity index (χ1n) is 5.39. The largest absolute Gasteiger partial charge is 0.103 e. The second-order valence-corrected chi connectivity index (χ2v) is 9.46. The van der Waals surface area contributed by atoms with Crippen LogP contribution in [0.5, 0.6) is 0 Å². The van der Waals surface area contributed by atoms with Crippen LogP contribution in [0, 0.1) is 5.92 Å². The van der Waals surface area contributed by atoms with Gasteiger partial charge in [-0.2, -0.15) is 0 Å². The Kier molecular flexibility index (Phi) is 3.16. The van der Waals surface area contributed by atoms with E-state index in [-0.39, 0.29) is 0 Å². The number of hydrogen-bond donors (Lipinski definition) is 0. The van der Waals surface area contributed by atoms with E-state index in [1.54, 1.807) is 5.20 Å². The van der Waals surface area contributed by atoms with Gasteiger partial charge in [-0.3, -0.25) is 0 Å². The minimum Gasteiger partial charge on any atom is -0.103 e. The smallest absolute Gasteiger partial charge is 0.0803 e. The molecule has 0 heterocycles. The summed E-state index contributed by atoms with van der Waals surface area (Å²) in [5.74, 6) is 0.941. The quantitative estimate of drug-likeness (QED) is 0.564. The summed E-state index contributed by atoms with van der Waals surface area (Å²) in [6, 6.07) is 4.24. The van der Waals surface area contributed by atoms with E-state index in [1.165, 1.54) is 31.0 Å². The van der Waals surface area contributed by atoms with Crippen LogP contribution in [0.4, 0.5) is 0 Å². The van der Waals surface area contributed by atoms with Gasteiger partial charge in [0, 0.05) is 0 Å². The van der Waals surface area contributed by atoms with Gasteiger partial charge in [0.2, 0.25) is 0 Å². The van der Waals surface area contributed by atoms with Crippen molar-refractivity contribution in [2.75, 3.05) is 0 Å². The lowest BCUT2D eigenvalue weighted by Crippen LogP contribution is -2.34. The van der Waals surface area contributed by atoms with Crippen molar-refractivity contribution in [1.29, 1.82) is 0 Å².